The number of esters is 1. The van der Waals surface area contributed by atoms with Gasteiger partial charge in [0.05, 0.1) is 20.1 Å². The van der Waals surface area contributed by atoms with Crippen molar-refractivity contribution in [3.63, 3.8) is 0 Å². The first-order valence-corrected chi connectivity index (χ1v) is 12.6. The second kappa shape index (κ2) is 10.7. The third-order valence-corrected chi connectivity index (χ3v) is 7.60. The average molecular weight is 452 g/mol. The van der Waals surface area contributed by atoms with E-state index in [1.165, 1.54) is 0 Å². The minimum atomic E-state index is -1.81. The van der Waals surface area contributed by atoms with Gasteiger partial charge in [0.1, 0.15) is 12.9 Å². The Balaban J connectivity index is 1.41. The summed E-state index contributed by atoms with van der Waals surface area (Å²) in [5.41, 5.74) is -0.196. The summed E-state index contributed by atoms with van der Waals surface area (Å²) in [6.07, 6.45) is 11.7. The fraction of sp³-hybridized carbons (Fsp3) is 0.593. The third-order valence-electron chi connectivity index (χ3n) is 7.60. The molecular formula is C27H37N3O3. The number of aromatic nitrogens is 2. The Labute approximate surface area is 197 Å². The molecule has 2 aromatic rings. The normalized spacial score (nSPS) is 25.8. The number of benzene rings is 1. The van der Waals surface area contributed by atoms with Gasteiger partial charge in [0.15, 0.2) is 6.10 Å². The Kier molecular flexibility index (Phi) is 7.76. The highest BCUT2D eigenvalue weighted by Crippen LogP contribution is 2.39. The molecule has 4 rings (SSSR count). The second-order valence-corrected chi connectivity index (χ2v) is 10.2. The molecule has 1 aromatic heterocycles. The molecule has 1 saturated heterocycles. The first-order valence-electron chi connectivity index (χ1n) is 12.6. The number of ether oxygens (including phenoxy) is 1. The Hall–Kier alpha value is -2.31. The molecule has 0 bridgehead atoms. The van der Waals surface area contributed by atoms with Crippen molar-refractivity contribution in [2.24, 2.45) is 5.92 Å². The topological polar surface area (TPSA) is 75.1 Å². The standard InChI is InChI=1S/C27H37N3O3/c1-30(18-8-14-24-16-17-28-21-29-24)19-9-15-25(20-30)33-26(31)27(32,22-10-4-2-5-11-22)23-12-6-3-7-13-23/h2,4-5,10-11,16-17,21,23,25H,3,6-9,12-15,18-20H2,1H3/t25?,27?,30-/m1/s1. The van der Waals surface area contributed by atoms with Gasteiger partial charge in [-0.15, -0.1) is 0 Å². The molecule has 2 aliphatic rings. The van der Waals surface area contributed by atoms with Crippen LogP contribution in [-0.4, -0.2) is 53.2 Å². The van der Waals surface area contributed by atoms with E-state index >= 15 is 0 Å². The lowest BCUT2D eigenvalue weighted by Crippen LogP contribution is -2.59. The lowest BCUT2D eigenvalue weighted by molar-refractivity contribution is -0.917. The maximum atomic E-state index is 14.2. The van der Waals surface area contributed by atoms with Crippen LogP contribution in [0.3, 0.4) is 0 Å². The monoisotopic (exact) mass is 451 g/mol. The number of piperidine rings is 1. The molecule has 3 atom stereocenters. The predicted octanol–water partition coefficient (Wildman–Crippen LogP) is 3.40. The summed E-state index contributed by atoms with van der Waals surface area (Å²) in [4.78, 5) is 21.8. The number of quaternary nitrogens is 1. The molecule has 2 heterocycles. The van der Waals surface area contributed by atoms with Crippen LogP contribution in [0.1, 0.15) is 62.6 Å². The maximum absolute atomic E-state index is 14.2. The van der Waals surface area contributed by atoms with Crippen LogP contribution in [0.5, 0.6) is 0 Å². The van der Waals surface area contributed by atoms with E-state index in [4.69, 9.17) is 4.74 Å². The Bertz CT molecular complexity index is 888. The van der Waals surface area contributed by atoms with Gasteiger partial charge in [-0.3, -0.25) is 4.79 Å². The Morgan fingerprint density at radius 3 is 2.64 bits per heavy atom. The fourth-order valence-corrected chi connectivity index (χ4v) is 5.74. The van der Waals surface area contributed by atoms with Crippen LogP contribution < -0.4 is 5.11 Å². The average Bonchev–Trinajstić information content (AvgIpc) is 2.85. The molecule has 1 aromatic carbocycles. The van der Waals surface area contributed by atoms with Crippen molar-refractivity contribution in [1.29, 1.82) is 0 Å². The molecule has 1 aliphatic heterocycles. The molecule has 1 saturated carbocycles. The first-order chi connectivity index (χ1) is 16.0. The predicted molar refractivity (Wildman–Crippen MR) is 125 cm³/mol. The van der Waals surface area contributed by atoms with Gasteiger partial charge in [0, 0.05) is 30.3 Å². The number of nitrogens with zero attached hydrogens (tertiary/aromatic N) is 3. The third kappa shape index (κ3) is 5.79. The highest BCUT2D eigenvalue weighted by Gasteiger charge is 2.41. The summed E-state index contributed by atoms with van der Waals surface area (Å²) >= 11 is 0. The van der Waals surface area contributed by atoms with Crippen LogP contribution in [0.2, 0.25) is 0 Å². The number of carbonyl (C=O) groups excluding carboxylic acids is 1. The van der Waals surface area contributed by atoms with Gasteiger partial charge in [0.2, 0.25) is 0 Å². The van der Waals surface area contributed by atoms with Crippen molar-refractivity contribution in [2.75, 3.05) is 26.7 Å². The summed E-state index contributed by atoms with van der Waals surface area (Å²) in [5.74, 6) is -0.765. The molecule has 1 aliphatic carbocycles. The van der Waals surface area contributed by atoms with Crippen LogP contribution in [-0.2, 0) is 21.6 Å². The second-order valence-electron chi connectivity index (χ2n) is 10.2. The minimum Gasteiger partial charge on any atom is -0.837 e. The van der Waals surface area contributed by atoms with Crippen molar-refractivity contribution in [1.82, 2.24) is 9.97 Å². The number of likely N-dealkylation sites (N-methyl/N-ethyl adjacent to an activating group) is 1. The van der Waals surface area contributed by atoms with Gasteiger partial charge >= 0.3 is 5.97 Å². The van der Waals surface area contributed by atoms with E-state index in [1.54, 1.807) is 24.7 Å². The largest absolute Gasteiger partial charge is 0.837 e. The zero-order valence-electron chi connectivity index (χ0n) is 19.8. The van der Waals surface area contributed by atoms with E-state index < -0.39 is 11.6 Å². The summed E-state index contributed by atoms with van der Waals surface area (Å²) in [6.45, 7) is 2.84. The maximum Gasteiger partial charge on any atom is 0.300 e. The molecule has 0 spiro atoms. The molecule has 178 valence electrons. The van der Waals surface area contributed by atoms with E-state index in [0.717, 1.165) is 87.6 Å². The smallest absolute Gasteiger partial charge is 0.300 e. The molecule has 0 amide bonds. The van der Waals surface area contributed by atoms with Crippen molar-refractivity contribution < 1.29 is 19.1 Å². The molecule has 2 fully saturated rings. The van der Waals surface area contributed by atoms with Crippen LogP contribution in [0.25, 0.3) is 0 Å². The van der Waals surface area contributed by atoms with E-state index in [1.807, 2.05) is 24.3 Å². The quantitative estimate of drug-likeness (QED) is 0.454. The van der Waals surface area contributed by atoms with Crippen molar-refractivity contribution in [3.05, 3.63) is 60.2 Å². The molecular weight excluding hydrogens is 414 g/mol. The van der Waals surface area contributed by atoms with E-state index in [0.29, 0.717) is 5.56 Å². The first kappa shape index (κ1) is 23.8. The SMILES string of the molecule is C[N@@+]1(CCCc2ccncn2)CCCC(OC(=O)C([O-])(c2ccccc2)C2CCCCC2)C1. The fourth-order valence-electron chi connectivity index (χ4n) is 5.74. The lowest BCUT2D eigenvalue weighted by atomic mass is 9.73. The highest BCUT2D eigenvalue weighted by molar-refractivity contribution is 5.81. The van der Waals surface area contributed by atoms with Crippen LogP contribution in [0, 0.1) is 5.92 Å². The Morgan fingerprint density at radius 1 is 1.12 bits per heavy atom. The summed E-state index contributed by atoms with van der Waals surface area (Å²) in [6, 6.07) is 11.2. The van der Waals surface area contributed by atoms with Crippen LogP contribution in [0.4, 0.5) is 0 Å². The zero-order chi connectivity index (χ0) is 23.2. The van der Waals surface area contributed by atoms with Gasteiger partial charge in [-0.2, -0.15) is 0 Å². The van der Waals surface area contributed by atoms with Gasteiger partial charge < -0.3 is 14.3 Å². The minimum absolute atomic E-state index is 0.196. The lowest BCUT2D eigenvalue weighted by Gasteiger charge is -2.48. The molecule has 6 heteroatoms. The molecule has 0 N–H and O–H groups in total. The van der Waals surface area contributed by atoms with E-state index in [9.17, 15) is 9.90 Å². The number of likely N-dealkylation sites (tertiary alicyclic amines) is 1. The van der Waals surface area contributed by atoms with Crippen LogP contribution >= 0.6 is 0 Å². The number of rotatable bonds is 8. The van der Waals surface area contributed by atoms with Crippen molar-refractivity contribution in [2.45, 2.75) is 69.5 Å². The van der Waals surface area contributed by atoms with Crippen molar-refractivity contribution in [3.8, 4) is 0 Å². The van der Waals surface area contributed by atoms with E-state index in [2.05, 4.69) is 17.0 Å². The van der Waals surface area contributed by atoms with Gasteiger partial charge in [-0.25, -0.2) is 9.97 Å². The summed E-state index contributed by atoms with van der Waals surface area (Å²) in [5, 5.41) is 14.2. The number of carbonyl (C=O) groups is 1. The molecule has 6 nitrogen and oxygen atoms in total. The Morgan fingerprint density at radius 2 is 1.91 bits per heavy atom. The number of hydrogen-bond donors (Lipinski definition) is 0. The highest BCUT2D eigenvalue weighted by atomic mass is 16.6. The number of aryl methyl sites for hydroxylation is 1. The van der Waals surface area contributed by atoms with E-state index in [-0.39, 0.29) is 12.0 Å². The molecule has 33 heavy (non-hydrogen) atoms. The zero-order valence-corrected chi connectivity index (χ0v) is 19.8. The molecule has 0 radical (unpaired) electrons. The van der Waals surface area contributed by atoms with Gasteiger partial charge in [-0.1, -0.05) is 62.4 Å². The van der Waals surface area contributed by atoms with Crippen molar-refractivity contribution >= 4 is 5.97 Å². The molecule has 2 unspecified atom stereocenters. The van der Waals surface area contributed by atoms with Gasteiger partial charge in [0.25, 0.3) is 0 Å². The number of hydrogen-bond acceptors (Lipinski definition) is 5. The summed E-state index contributed by atoms with van der Waals surface area (Å²) < 4.78 is 6.90. The summed E-state index contributed by atoms with van der Waals surface area (Å²) in [7, 11) is 2.24. The van der Waals surface area contributed by atoms with Crippen LogP contribution in [0.15, 0.2) is 48.9 Å². The van der Waals surface area contributed by atoms with Gasteiger partial charge in [-0.05, 0) is 30.4 Å².